The fraction of sp³-hybridized carbons (Fsp3) is 0.267. The minimum atomic E-state index is -0.137. The van der Waals surface area contributed by atoms with Crippen molar-refractivity contribution in [3.05, 3.63) is 47.4 Å². The van der Waals surface area contributed by atoms with Gasteiger partial charge in [0.2, 0.25) is 0 Å². The zero-order valence-electron chi connectivity index (χ0n) is 11.2. The first-order valence-electron chi connectivity index (χ1n) is 6.46. The van der Waals surface area contributed by atoms with E-state index in [1.807, 2.05) is 12.1 Å². The van der Waals surface area contributed by atoms with E-state index in [4.69, 9.17) is 4.42 Å². The van der Waals surface area contributed by atoms with E-state index in [9.17, 15) is 4.79 Å². The monoisotopic (exact) mass is 292 g/mol. The SMILES string of the molecule is Cc1occc1C(=O)Nc1ccc2c(c1)NCCC2.Cl. The first-order valence-corrected chi connectivity index (χ1v) is 6.46. The standard InChI is InChI=1S/C15H16N2O2.ClH/c1-10-13(6-8-19-10)15(18)17-12-5-4-11-3-2-7-16-14(11)9-12;/h4-6,8-9,16H,2-3,7H2,1H3,(H,17,18);1H. The van der Waals surface area contributed by atoms with Crippen molar-refractivity contribution in [2.75, 3.05) is 17.2 Å². The molecule has 0 atom stereocenters. The van der Waals surface area contributed by atoms with Gasteiger partial charge in [0.25, 0.3) is 5.91 Å². The van der Waals surface area contributed by atoms with Crippen LogP contribution in [0, 0.1) is 6.92 Å². The summed E-state index contributed by atoms with van der Waals surface area (Å²) in [6, 6.07) is 7.68. The van der Waals surface area contributed by atoms with Crippen molar-refractivity contribution in [1.82, 2.24) is 0 Å². The highest BCUT2D eigenvalue weighted by Crippen LogP contribution is 2.25. The summed E-state index contributed by atoms with van der Waals surface area (Å²) in [7, 11) is 0. The maximum Gasteiger partial charge on any atom is 0.259 e. The van der Waals surface area contributed by atoms with Gasteiger partial charge in [0.15, 0.2) is 0 Å². The number of carbonyl (C=O) groups excluding carboxylic acids is 1. The number of fused-ring (bicyclic) bond motifs is 1. The van der Waals surface area contributed by atoms with Gasteiger partial charge < -0.3 is 15.1 Å². The molecule has 5 heteroatoms. The summed E-state index contributed by atoms with van der Waals surface area (Å²) in [6.45, 7) is 2.77. The fourth-order valence-corrected chi connectivity index (χ4v) is 2.36. The second kappa shape index (κ2) is 6.01. The maximum atomic E-state index is 12.1. The fourth-order valence-electron chi connectivity index (χ4n) is 2.36. The molecule has 1 aliphatic rings. The second-order valence-electron chi connectivity index (χ2n) is 4.75. The third-order valence-electron chi connectivity index (χ3n) is 3.41. The van der Waals surface area contributed by atoms with Crippen LogP contribution in [0.1, 0.15) is 28.1 Å². The highest BCUT2D eigenvalue weighted by atomic mass is 35.5. The number of hydrogen-bond donors (Lipinski definition) is 2. The number of furan rings is 1. The molecular formula is C15H17ClN2O2. The van der Waals surface area contributed by atoms with Gasteiger partial charge in [0.1, 0.15) is 5.76 Å². The van der Waals surface area contributed by atoms with E-state index in [1.54, 1.807) is 13.0 Å². The minimum Gasteiger partial charge on any atom is -0.469 e. The van der Waals surface area contributed by atoms with Crippen LogP contribution < -0.4 is 10.6 Å². The van der Waals surface area contributed by atoms with E-state index in [2.05, 4.69) is 16.7 Å². The molecule has 0 fully saturated rings. The van der Waals surface area contributed by atoms with Gasteiger partial charge in [0, 0.05) is 17.9 Å². The normalized spacial score (nSPS) is 12.8. The van der Waals surface area contributed by atoms with Crippen molar-refractivity contribution >= 4 is 29.7 Å². The molecule has 1 aromatic carbocycles. The largest absolute Gasteiger partial charge is 0.469 e. The molecule has 3 rings (SSSR count). The van der Waals surface area contributed by atoms with Crippen molar-refractivity contribution in [3.63, 3.8) is 0 Å². The van der Waals surface area contributed by atoms with Gasteiger partial charge in [-0.1, -0.05) is 6.07 Å². The number of anilines is 2. The molecule has 0 saturated carbocycles. The highest BCUT2D eigenvalue weighted by molar-refractivity contribution is 6.05. The number of benzene rings is 1. The van der Waals surface area contributed by atoms with E-state index in [0.717, 1.165) is 30.8 Å². The molecule has 0 unspecified atom stereocenters. The molecule has 0 bridgehead atoms. The number of aryl methyl sites for hydroxylation is 2. The lowest BCUT2D eigenvalue weighted by Crippen LogP contribution is -2.14. The molecule has 2 aromatic rings. The lowest BCUT2D eigenvalue weighted by atomic mass is 10.0. The van der Waals surface area contributed by atoms with Crippen molar-refractivity contribution in [2.24, 2.45) is 0 Å². The zero-order chi connectivity index (χ0) is 13.2. The molecule has 2 N–H and O–H groups in total. The van der Waals surface area contributed by atoms with Crippen LogP contribution in [0.15, 0.2) is 34.9 Å². The number of halogens is 1. The average molecular weight is 293 g/mol. The summed E-state index contributed by atoms with van der Waals surface area (Å²) in [5, 5.41) is 6.25. The third kappa shape index (κ3) is 2.80. The molecule has 106 valence electrons. The molecule has 1 aliphatic heterocycles. The van der Waals surface area contributed by atoms with Gasteiger partial charge in [-0.15, -0.1) is 12.4 Å². The number of carbonyl (C=O) groups is 1. The second-order valence-corrected chi connectivity index (χ2v) is 4.75. The Labute approximate surface area is 124 Å². The van der Waals surface area contributed by atoms with Gasteiger partial charge in [0.05, 0.1) is 11.8 Å². The Morgan fingerprint density at radius 2 is 2.20 bits per heavy atom. The molecule has 0 aliphatic carbocycles. The zero-order valence-corrected chi connectivity index (χ0v) is 12.0. The predicted octanol–water partition coefficient (Wildman–Crippen LogP) is 3.62. The highest BCUT2D eigenvalue weighted by Gasteiger charge is 2.13. The van der Waals surface area contributed by atoms with Crippen molar-refractivity contribution < 1.29 is 9.21 Å². The first kappa shape index (κ1) is 14.5. The minimum absolute atomic E-state index is 0. The van der Waals surface area contributed by atoms with Crippen LogP contribution in [-0.2, 0) is 6.42 Å². The van der Waals surface area contributed by atoms with Crippen LogP contribution in [0.2, 0.25) is 0 Å². The lowest BCUT2D eigenvalue weighted by Gasteiger charge is -2.18. The molecule has 0 radical (unpaired) electrons. The quantitative estimate of drug-likeness (QED) is 0.889. The van der Waals surface area contributed by atoms with E-state index < -0.39 is 0 Å². The Morgan fingerprint density at radius 1 is 1.35 bits per heavy atom. The van der Waals surface area contributed by atoms with Gasteiger partial charge >= 0.3 is 0 Å². The van der Waals surface area contributed by atoms with E-state index in [0.29, 0.717) is 11.3 Å². The Bertz CT molecular complexity index is 622. The molecule has 1 amide bonds. The molecule has 4 nitrogen and oxygen atoms in total. The molecule has 20 heavy (non-hydrogen) atoms. The lowest BCUT2D eigenvalue weighted by molar-refractivity contribution is 0.102. The van der Waals surface area contributed by atoms with Crippen molar-refractivity contribution in [1.29, 1.82) is 0 Å². The Hall–Kier alpha value is -1.94. The molecular weight excluding hydrogens is 276 g/mol. The van der Waals surface area contributed by atoms with Crippen LogP contribution in [0.3, 0.4) is 0 Å². The average Bonchev–Trinajstić information content (AvgIpc) is 2.85. The van der Waals surface area contributed by atoms with Crippen LogP contribution in [0.4, 0.5) is 11.4 Å². The maximum absolute atomic E-state index is 12.1. The first-order chi connectivity index (χ1) is 9.24. The topological polar surface area (TPSA) is 54.3 Å². The smallest absolute Gasteiger partial charge is 0.259 e. The summed E-state index contributed by atoms with van der Waals surface area (Å²) >= 11 is 0. The summed E-state index contributed by atoms with van der Waals surface area (Å²) in [4.78, 5) is 12.1. The van der Waals surface area contributed by atoms with Gasteiger partial charge in [-0.3, -0.25) is 4.79 Å². The van der Waals surface area contributed by atoms with Gasteiger partial charge in [-0.25, -0.2) is 0 Å². The van der Waals surface area contributed by atoms with E-state index in [1.165, 1.54) is 11.8 Å². The van der Waals surface area contributed by atoms with Crippen molar-refractivity contribution in [3.8, 4) is 0 Å². The number of rotatable bonds is 2. The number of nitrogens with one attached hydrogen (secondary N) is 2. The third-order valence-corrected chi connectivity index (χ3v) is 3.41. The Balaban J connectivity index is 0.00000147. The van der Waals surface area contributed by atoms with Crippen LogP contribution >= 0.6 is 12.4 Å². The van der Waals surface area contributed by atoms with Gasteiger partial charge in [-0.05, 0) is 43.5 Å². The van der Waals surface area contributed by atoms with Crippen molar-refractivity contribution in [2.45, 2.75) is 19.8 Å². The summed E-state index contributed by atoms with van der Waals surface area (Å²) < 4.78 is 5.14. The predicted molar refractivity (Wildman–Crippen MR) is 81.9 cm³/mol. The Kier molecular flexibility index (Phi) is 4.35. The summed E-state index contributed by atoms with van der Waals surface area (Å²) in [5.74, 6) is 0.496. The van der Waals surface area contributed by atoms with E-state index in [-0.39, 0.29) is 18.3 Å². The van der Waals surface area contributed by atoms with E-state index >= 15 is 0 Å². The number of hydrogen-bond acceptors (Lipinski definition) is 3. The number of amides is 1. The molecule has 0 saturated heterocycles. The molecule has 2 heterocycles. The van der Waals surface area contributed by atoms with Crippen LogP contribution in [-0.4, -0.2) is 12.5 Å². The van der Waals surface area contributed by atoms with Crippen LogP contribution in [0.25, 0.3) is 0 Å². The molecule has 0 spiro atoms. The van der Waals surface area contributed by atoms with Gasteiger partial charge in [-0.2, -0.15) is 0 Å². The molecule has 1 aromatic heterocycles. The Morgan fingerprint density at radius 3 is 2.95 bits per heavy atom. The van der Waals surface area contributed by atoms with Crippen LogP contribution in [0.5, 0.6) is 0 Å². The summed E-state index contributed by atoms with van der Waals surface area (Å²) in [6.07, 6.45) is 3.78. The summed E-state index contributed by atoms with van der Waals surface area (Å²) in [5.41, 5.74) is 3.81.